The molecule has 1 aliphatic rings. The Kier molecular flexibility index (Phi) is 2.53. The van der Waals surface area contributed by atoms with E-state index in [1.54, 1.807) is 0 Å². The van der Waals surface area contributed by atoms with Crippen LogP contribution in [0.15, 0.2) is 0 Å². The van der Waals surface area contributed by atoms with Gasteiger partial charge in [-0.25, -0.2) is 4.79 Å². The van der Waals surface area contributed by atoms with Gasteiger partial charge in [-0.05, 0) is 20.8 Å². The fraction of sp³-hybridized carbons (Fsp3) is 0.778. The summed E-state index contributed by atoms with van der Waals surface area (Å²) in [4.78, 5) is 13.2. The van der Waals surface area contributed by atoms with Crippen LogP contribution in [0, 0.1) is 0 Å². The zero-order valence-electron chi connectivity index (χ0n) is 10.1. The molecule has 2 rings (SSSR count). The molecule has 0 radical (unpaired) electrons. The van der Waals surface area contributed by atoms with E-state index in [9.17, 15) is 4.79 Å². The van der Waals surface area contributed by atoms with Crippen LogP contribution in [0.5, 0.6) is 0 Å². The summed E-state index contributed by atoms with van der Waals surface area (Å²) >= 11 is 0. The highest BCUT2D eigenvalue weighted by molar-refractivity contribution is 5.69. The largest absolute Gasteiger partial charge is 0.444 e. The van der Waals surface area contributed by atoms with Gasteiger partial charge in [0.2, 0.25) is 0 Å². The van der Waals surface area contributed by atoms with Crippen molar-refractivity contribution in [2.75, 3.05) is 13.1 Å². The van der Waals surface area contributed by atoms with Crippen molar-refractivity contribution < 1.29 is 9.53 Å². The molecule has 8 heteroatoms. The lowest BCUT2D eigenvalue weighted by Gasteiger charge is -2.45. The Bertz CT molecular complexity index is 404. The molecule has 17 heavy (non-hydrogen) atoms. The number of tetrazole rings is 1. The molecule has 1 amide bonds. The van der Waals surface area contributed by atoms with Crippen LogP contribution in [0.4, 0.5) is 4.79 Å². The number of aromatic nitrogens is 4. The van der Waals surface area contributed by atoms with Gasteiger partial charge in [-0.1, -0.05) is 5.21 Å². The van der Waals surface area contributed by atoms with Crippen LogP contribution in [0.2, 0.25) is 0 Å². The summed E-state index contributed by atoms with van der Waals surface area (Å²) in [5, 5.41) is 13.4. The number of carbonyl (C=O) groups is 1. The fourth-order valence-corrected chi connectivity index (χ4v) is 1.60. The summed E-state index contributed by atoms with van der Waals surface area (Å²) in [7, 11) is 0. The third kappa shape index (κ3) is 2.36. The Labute approximate surface area is 98.5 Å². The number of rotatable bonds is 1. The van der Waals surface area contributed by atoms with E-state index in [0.717, 1.165) is 0 Å². The lowest BCUT2D eigenvalue weighted by molar-refractivity contribution is -0.0105. The predicted octanol–water partition coefficient (Wildman–Crippen LogP) is -0.396. The van der Waals surface area contributed by atoms with Crippen molar-refractivity contribution in [3.63, 3.8) is 0 Å². The highest BCUT2D eigenvalue weighted by atomic mass is 16.6. The minimum atomic E-state index is -0.718. The van der Waals surface area contributed by atoms with E-state index in [4.69, 9.17) is 10.5 Å². The third-order valence-electron chi connectivity index (χ3n) is 2.39. The van der Waals surface area contributed by atoms with Gasteiger partial charge in [0.25, 0.3) is 0 Å². The topological polar surface area (TPSA) is 110 Å². The van der Waals surface area contributed by atoms with E-state index in [0.29, 0.717) is 18.9 Å². The van der Waals surface area contributed by atoms with Crippen LogP contribution >= 0.6 is 0 Å². The number of H-pyrrole nitrogens is 1. The second kappa shape index (κ2) is 3.66. The van der Waals surface area contributed by atoms with Gasteiger partial charge in [0.15, 0.2) is 5.82 Å². The first-order valence-electron chi connectivity index (χ1n) is 5.31. The maximum Gasteiger partial charge on any atom is 0.410 e. The number of hydrogen-bond donors (Lipinski definition) is 2. The summed E-state index contributed by atoms with van der Waals surface area (Å²) in [6, 6.07) is 0. The van der Waals surface area contributed by atoms with Crippen LogP contribution in [0.3, 0.4) is 0 Å². The van der Waals surface area contributed by atoms with E-state index in [1.807, 2.05) is 20.8 Å². The van der Waals surface area contributed by atoms with Crippen LogP contribution in [0.1, 0.15) is 26.6 Å². The summed E-state index contributed by atoms with van der Waals surface area (Å²) in [6.07, 6.45) is -0.373. The summed E-state index contributed by atoms with van der Waals surface area (Å²) in [6.45, 7) is 6.13. The van der Waals surface area contributed by atoms with Gasteiger partial charge in [0.05, 0.1) is 13.1 Å². The molecule has 2 heterocycles. The third-order valence-corrected chi connectivity index (χ3v) is 2.39. The molecule has 0 saturated carbocycles. The second-order valence-corrected chi connectivity index (χ2v) is 5.23. The van der Waals surface area contributed by atoms with Crippen LogP contribution < -0.4 is 5.73 Å². The number of carbonyl (C=O) groups excluding carboxylic acids is 1. The molecule has 1 saturated heterocycles. The molecule has 0 aromatic carbocycles. The van der Waals surface area contributed by atoms with Crippen molar-refractivity contribution in [1.82, 2.24) is 25.5 Å². The number of nitrogens with zero attached hydrogens (tertiary/aromatic N) is 4. The fourth-order valence-electron chi connectivity index (χ4n) is 1.60. The number of aromatic amines is 1. The smallest absolute Gasteiger partial charge is 0.410 e. The number of likely N-dealkylation sites (tertiary alicyclic amines) is 1. The van der Waals surface area contributed by atoms with Gasteiger partial charge in [-0.15, -0.1) is 10.2 Å². The molecule has 0 bridgehead atoms. The van der Waals surface area contributed by atoms with E-state index in [2.05, 4.69) is 20.6 Å². The van der Waals surface area contributed by atoms with Crippen molar-refractivity contribution in [1.29, 1.82) is 0 Å². The quantitative estimate of drug-likeness (QED) is 0.691. The highest BCUT2D eigenvalue weighted by Gasteiger charge is 2.47. The Morgan fingerprint density at radius 3 is 2.65 bits per heavy atom. The predicted molar refractivity (Wildman–Crippen MR) is 57.9 cm³/mol. The van der Waals surface area contributed by atoms with E-state index >= 15 is 0 Å². The van der Waals surface area contributed by atoms with Gasteiger partial charge >= 0.3 is 6.09 Å². The zero-order valence-corrected chi connectivity index (χ0v) is 10.1. The van der Waals surface area contributed by atoms with Gasteiger partial charge in [0.1, 0.15) is 11.1 Å². The van der Waals surface area contributed by atoms with Crippen molar-refractivity contribution in [3.8, 4) is 0 Å². The second-order valence-electron chi connectivity index (χ2n) is 5.23. The Hall–Kier alpha value is -1.70. The van der Waals surface area contributed by atoms with Crippen molar-refractivity contribution in [2.45, 2.75) is 31.9 Å². The highest BCUT2D eigenvalue weighted by Crippen LogP contribution is 2.27. The molecule has 0 spiro atoms. The van der Waals surface area contributed by atoms with E-state index in [1.165, 1.54) is 4.90 Å². The molecule has 3 N–H and O–H groups in total. The maximum atomic E-state index is 11.7. The minimum absolute atomic E-state index is 0.335. The molecule has 0 atom stereocenters. The molecule has 1 aromatic rings. The molecule has 1 aliphatic heterocycles. The van der Waals surface area contributed by atoms with Gasteiger partial charge in [-0.3, -0.25) is 0 Å². The number of nitrogens with two attached hydrogens (primary N) is 1. The minimum Gasteiger partial charge on any atom is -0.444 e. The lowest BCUT2D eigenvalue weighted by atomic mass is 9.91. The Morgan fingerprint density at radius 2 is 2.18 bits per heavy atom. The first-order valence-corrected chi connectivity index (χ1v) is 5.31. The average molecular weight is 240 g/mol. The maximum absolute atomic E-state index is 11.7. The van der Waals surface area contributed by atoms with Crippen molar-refractivity contribution in [2.24, 2.45) is 5.73 Å². The molecule has 1 aromatic heterocycles. The summed E-state index contributed by atoms with van der Waals surface area (Å²) in [5.41, 5.74) is 4.80. The van der Waals surface area contributed by atoms with Gasteiger partial charge in [0, 0.05) is 0 Å². The lowest BCUT2D eigenvalue weighted by Crippen LogP contribution is -2.67. The normalized spacial score (nSPS) is 18.7. The number of hydrogen-bond acceptors (Lipinski definition) is 6. The van der Waals surface area contributed by atoms with E-state index < -0.39 is 11.1 Å². The van der Waals surface area contributed by atoms with E-state index in [-0.39, 0.29) is 6.09 Å². The standard InChI is InChI=1S/C9H16N6O2/c1-8(2,3)17-7(16)15-4-9(10,5-15)6-11-13-14-12-6/h4-5,10H2,1-3H3,(H,11,12,13,14). The van der Waals surface area contributed by atoms with Gasteiger partial charge in [-0.2, -0.15) is 5.21 Å². The first-order chi connectivity index (χ1) is 7.80. The van der Waals surface area contributed by atoms with Crippen LogP contribution in [-0.4, -0.2) is 50.3 Å². The molecule has 1 fully saturated rings. The molecule has 0 aliphatic carbocycles. The molecule has 0 unspecified atom stereocenters. The number of amides is 1. The molecular formula is C9H16N6O2. The number of nitrogens with one attached hydrogen (secondary N) is 1. The van der Waals surface area contributed by atoms with Crippen molar-refractivity contribution in [3.05, 3.63) is 5.82 Å². The molecule has 94 valence electrons. The SMILES string of the molecule is CC(C)(C)OC(=O)N1CC(N)(c2nn[nH]n2)C1. The summed E-state index contributed by atoms with van der Waals surface area (Å²) < 4.78 is 5.22. The van der Waals surface area contributed by atoms with Crippen LogP contribution in [-0.2, 0) is 10.3 Å². The Morgan fingerprint density at radius 1 is 1.53 bits per heavy atom. The summed E-state index contributed by atoms with van der Waals surface area (Å²) in [5.74, 6) is 0.414. The monoisotopic (exact) mass is 240 g/mol. The van der Waals surface area contributed by atoms with Crippen LogP contribution in [0.25, 0.3) is 0 Å². The Balaban J connectivity index is 1.93. The van der Waals surface area contributed by atoms with Gasteiger partial charge < -0.3 is 15.4 Å². The first kappa shape index (κ1) is 11.8. The average Bonchev–Trinajstić information content (AvgIpc) is 2.62. The number of ether oxygens (including phenoxy) is 1. The molecule has 8 nitrogen and oxygen atoms in total. The molecular weight excluding hydrogens is 224 g/mol. The zero-order chi connectivity index (χ0) is 12.7. The van der Waals surface area contributed by atoms with Crippen molar-refractivity contribution >= 4 is 6.09 Å².